The lowest BCUT2D eigenvalue weighted by Gasteiger charge is -2.22. The largest absolute Gasteiger partial charge is 0.508 e. The van der Waals surface area contributed by atoms with Crippen molar-refractivity contribution < 1.29 is 9.90 Å². The van der Waals surface area contributed by atoms with Crippen molar-refractivity contribution in [2.24, 2.45) is 0 Å². The van der Waals surface area contributed by atoms with Crippen molar-refractivity contribution in [1.29, 1.82) is 0 Å². The van der Waals surface area contributed by atoms with E-state index in [1.807, 2.05) is 25.1 Å². The molecule has 27 heavy (non-hydrogen) atoms. The van der Waals surface area contributed by atoms with Gasteiger partial charge in [0.05, 0.1) is 17.6 Å². The fraction of sp³-hybridized carbons (Fsp3) is 0.333. The van der Waals surface area contributed by atoms with E-state index in [-0.39, 0.29) is 11.7 Å². The minimum absolute atomic E-state index is 0.0881. The van der Waals surface area contributed by atoms with Gasteiger partial charge in [-0.25, -0.2) is 4.98 Å². The quantitative estimate of drug-likeness (QED) is 0.632. The van der Waals surface area contributed by atoms with E-state index >= 15 is 0 Å². The number of hydrogen-bond acceptors (Lipinski definition) is 3. The molecule has 0 saturated carbocycles. The average molecular weight is 386 g/mol. The highest BCUT2D eigenvalue weighted by Gasteiger charge is 2.20. The predicted octanol–water partition coefficient (Wildman–Crippen LogP) is 4.86. The van der Waals surface area contributed by atoms with Crippen LogP contribution < -0.4 is 0 Å². The molecule has 1 amide bonds. The molecule has 0 aliphatic rings. The standard InChI is InChI=1S/C21H24ClN3O2/c1-3-10-24(21(27)15-6-5-7-17(26)12-15)14-20-23-18-9-8-16(22)13-19(18)25(20)11-4-2/h5-9,12-13,26H,3-4,10-11,14H2,1-2H3. The van der Waals surface area contributed by atoms with Crippen LogP contribution in [-0.2, 0) is 13.1 Å². The molecular formula is C21H24ClN3O2. The number of aromatic hydroxyl groups is 1. The van der Waals surface area contributed by atoms with Gasteiger partial charge in [-0.3, -0.25) is 4.79 Å². The zero-order valence-electron chi connectivity index (χ0n) is 15.7. The van der Waals surface area contributed by atoms with Crippen LogP contribution in [0.25, 0.3) is 11.0 Å². The molecule has 6 heteroatoms. The van der Waals surface area contributed by atoms with Crippen LogP contribution >= 0.6 is 11.6 Å². The summed E-state index contributed by atoms with van der Waals surface area (Å²) < 4.78 is 2.14. The zero-order valence-corrected chi connectivity index (χ0v) is 16.4. The number of rotatable bonds is 7. The molecule has 0 spiro atoms. The van der Waals surface area contributed by atoms with Gasteiger partial charge in [0, 0.05) is 23.7 Å². The summed E-state index contributed by atoms with van der Waals surface area (Å²) in [5.41, 5.74) is 2.34. The molecule has 5 nitrogen and oxygen atoms in total. The van der Waals surface area contributed by atoms with Crippen LogP contribution in [0.4, 0.5) is 0 Å². The molecule has 0 fully saturated rings. The van der Waals surface area contributed by atoms with Gasteiger partial charge in [0.1, 0.15) is 11.6 Å². The lowest BCUT2D eigenvalue weighted by atomic mass is 10.2. The summed E-state index contributed by atoms with van der Waals surface area (Å²) in [4.78, 5) is 19.5. The van der Waals surface area contributed by atoms with Crippen molar-refractivity contribution in [3.05, 3.63) is 58.9 Å². The number of benzene rings is 2. The summed E-state index contributed by atoms with van der Waals surface area (Å²) in [6.07, 6.45) is 1.80. The smallest absolute Gasteiger partial charge is 0.254 e. The number of phenols is 1. The number of aromatic nitrogens is 2. The van der Waals surface area contributed by atoms with Crippen molar-refractivity contribution in [3.8, 4) is 5.75 Å². The molecule has 3 rings (SSSR count). The van der Waals surface area contributed by atoms with E-state index in [1.54, 1.807) is 23.1 Å². The molecule has 2 aromatic carbocycles. The second-order valence-electron chi connectivity index (χ2n) is 6.59. The number of amides is 1. The van der Waals surface area contributed by atoms with Gasteiger partial charge in [0.15, 0.2) is 0 Å². The maximum absolute atomic E-state index is 13.0. The summed E-state index contributed by atoms with van der Waals surface area (Å²) in [6, 6.07) is 12.1. The van der Waals surface area contributed by atoms with Gasteiger partial charge < -0.3 is 14.6 Å². The summed E-state index contributed by atoms with van der Waals surface area (Å²) >= 11 is 6.17. The molecule has 0 radical (unpaired) electrons. The van der Waals surface area contributed by atoms with Crippen LogP contribution in [0, 0.1) is 0 Å². The first-order valence-corrected chi connectivity index (χ1v) is 9.64. The first kappa shape index (κ1) is 19.2. The monoisotopic (exact) mass is 385 g/mol. The highest BCUT2D eigenvalue weighted by molar-refractivity contribution is 6.31. The lowest BCUT2D eigenvalue weighted by molar-refractivity contribution is 0.0737. The topological polar surface area (TPSA) is 58.4 Å². The van der Waals surface area contributed by atoms with E-state index in [2.05, 4.69) is 11.5 Å². The van der Waals surface area contributed by atoms with E-state index in [4.69, 9.17) is 16.6 Å². The highest BCUT2D eigenvalue weighted by Crippen LogP contribution is 2.23. The van der Waals surface area contributed by atoms with Gasteiger partial charge >= 0.3 is 0 Å². The molecule has 0 bridgehead atoms. The van der Waals surface area contributed by atoms with Crippen LogP contribution in [0.3, 0.4) is 0 Å². The second kappa shape index (κ2) is 8.44. The molecule has 0 atom stereocenters. The Morgan fingerprint density at radius 3 is 2.70 bits per heavy atom. The lowest BCUT2D eigenvalue weighted by Crippen LogP contribution is -2.32. The van der Waals surface area contributed by atoms with Crippen LogP contribution in [0.2, 0.25) is 5.02 Å². The van der Waals surface area contributed by atoms with Crippen molar-refractivity contribution in [2.75, 3.05) is 6.54 Å². The van der Waals surface area contributed by atoms with Crippen molar-refractivity contribution in [1.82, 2.24) is 14.5 Å². The van der Waals surface area contributed by atoms with Crippen molar-refractivity contribution in [3.63, 3.8) is 0 Å². The number of aryl methyl sites for hydroxylation is 1. The number of carbonyl (C=O) groups excluding carboxylic acids is 1. The highest BCUT2D eigenvalue weighted by atomic mass is 35.5. The Morgan fingerprint density at radius 2 is 2.00 bits per heavy atom. The second-order valence-corrected chi connectivity index (χ2v) is 7.03. The van der Waals surface area contributed by atoms with Gasteiger partial charge in [-0.2, -0.15) is 0 Å². The van der Waals surface area contributed by atoms with Crippen LogP contribution in [0.5, 0.6) is 5.75 Å². The van der Waals surface area contributed by atoms with Crippen molar-refractivity contribution in [2.45, 2.75) is 39.8 Å². The summed E-state index contributed by atoms with van der Waals surface area (Å²) in [5, 5.41) is 10.4. The van der Waals surface area contributed by atoms with Crippen LogP contribution in [0.1, 0.15) is 42.9 Å². The van der Waals surface area contributed by atoms with E-state index < -0.39 is 0 Å². The minimum Gasteiger partial charge on any atom is -0.508 e. The SMILES string of the molecule is CCCN(Cc1nc2ccc(Cl)cc2n1CCC)C(=O)c1cccc(O)c1. The maximum Gasteiger partial charge on any atom is 0.254 e. The number of imidazole rings is 1. The fourth-order valence-corrected chi connectivity index (χ4v) is 3.42. The molecule has 1 aromatic heterocycles. The summed E-state index contributed by atoms with van der Waals surface area (Å²) in [7, 11) is 0. The molecule has 0 unspecified atom stereocenters. The predicted molar refractivity (Wildman–Crippen MR) is 108 cm³/mol. The molecule has 1 N–H and O–H groups in total. The Morgan fingerprint density at radius 1 is 1.19 bits per heavy atom. The average Bonchev–Trinajstić information content (AvgIpc) is 2.98. The Hall–Kier alpha value is -2.53. The Balaban J connectivity index is 1.96. The normalized spacial score (nSPS) is 11.1. The van der Waals surface area contributed by atoms with Gasteiger partial charge in [-0.05, 0) is 49.2 Å². The minimum atomic E-state index is -0.110. The Labute approximate surface area is 164 Å². The van der Waals surface area contributed by atoms with E-state index in [9.17, 15) is 9.90 Å². The van der Waals surface area contributed by atoms with Crippen LogP contribution in [-0.4, -0.2) is 32.0 Å². The number of phenolic OH excluding ortho intramolecular Hbond substituents is 1. The first-order valence-electron chi connectivity index (χ1n) is 9.26. The third-order valence-electron chi connectivity index (χ3n) is 4.44. The number of nitrogens with zero attached hydrogens (tertiary/aromatic N) is 3. The Bertz CT molecular complexity index is 952. The van der Waals surface area contributed by atoms with Crippen molar-refractivity contribution >= 4 is 28.5 Å². The van der Waals surface area contributed by atoms with E-state index in [0.29, 0.717) is 23.7 Å². The third-order valence-corrected chi connectivity index (χ3v) is 4.68. The Kier molecular flexibility index (Phi) is 6.01. The van der Waals surface area contributed by atoms with E-state index in [0.717, 1.165) is 36.2 Å². The van der Waals surface area contributed by atoms with Crippen LogP contribution in [0.15, 0.2) is 42.5 Å². The molecule has 3 aromatic rings. The zero-order chi connectivity index (χ0) is 19.4. The molecule has 0 aliphatic carbocycles. The van der Waals surface area contributed by atoms with Gasteiger partial charge in [-0.15, -0.1) is 0 Å². The molecular weight excluding hydrogens is 362 g/mol. The molecule has 1 heterocycles. The van der Waals surface area contributed by atoms with Gasteiger partial charge in [0.2, 0.25) is 0 Å². The van der Waals surface area contributed by atoms with Gasteiger partial charge in [-0.1, -0.05) is 31.5 Å². The molecule has 0 aliphatic heterocycles. The van der Waals surface area contributed by atoms with E-state index in [1.165, 1.54) is 6.07 Å². The molecule has 0 saturated heterocycles. The fourth-order valence-electron chi connectivity index (χ4n) is 3.25. The summed E-state index contributed by atoms with van der Waals surface area (Å²) in [5.74, 6) is 0.821. The number of fused-ring (bicyclic) bond motifs is 1. The number of halogens is 1. The maximum atomic E-state index is 13.0. The summed E-state index contributed by atoms with van der Waals surface area (Å²) in [6.45, 7) is 5.99. The number of carbonyl (C=O) groups is 1. The van der Waals surface area contributed by atoms with Gasteiger partial charge in [0.25, 0.3) is 5.91 Å². The molecule has 142 valence electrons. The first-order chi connectivity index (χ1) is 13.0. The third kappa shape index (κ3) is 4.25. The number of hydrogen-bond donors (Lipinski definition) is 1.